The van der Waals surface area contributed by atoms with E-state index in [1.54, 1.807) is 54.0 Å². The molecule has 2 aromatic carbocycles. The SMILES string of the molecule is CCCCc1sc(=NC(=O)C2CC2)n(Cc2ccc(-c3ccccc3S(=O)(=O)NC(=O)OCC)cc2)c1C(=O)O. The summed E-state index contributed by atoms with van der Waals surface area (Å²) in [6, 6.07) is 13.3. The Morgan fingerprint density at radius 1 is 1.10 bits per heavy atom. The zero-order chi connectivity index (χ0) is 28.9. The number of carbonyl (C=O) groups excluding carboxylic acids is 2. The van der Waals surface area contributed by atoms with E-state index in [4.69, 9.17) is 4.74 Å². The van der Waals surface area contributed by atoms with Crippen LogP contribution in [-0.2, 0) is 32.5 Å². The van der Waals surface area contributed by atoms with Crippen LogP contribution in [0, 0.1) is 5.92 Å². The molecule has 1 aliphatic carbocycles. The maximum atomic E-state index is 12.9. The van der Waals surface area contributed by atoms with Crippen LogP contribution in [0.1, 0.15) is 60.5 Å². The predicted molar refractivity (Wildman–Crippen MR) is 149 cm³/mol. The smallest absolute Gasteiger partial charge is 0.421 e. The van der Waals surface area contributed by atoms with E-state index in [1.807, 2.05) is 11.6 Å². The number of thiazole rings is 1. The molecule has 2 amide bonds. The molecule has 1 saturated carbocycles. The van der Waals surface area contributed by atoms with Gasteiger partial charge < -0.3 is 14.4 Å². The number of aromatic carboxylic acids is 1. The Balaban J connectivity index is 1.68. The fraction of sp³-hybridized carbons (Fsp3) is 0.357. The number of aryl methyl sites for hydroxylation is 1. The molecule has 10 nitrogen and oxygen atoms in total. The van der Waals surface area contributed by atoms with Gasteiger partial charge in [-0.25, -0.2) is 22.7 Å². The summed E-state index contributed by atoms with van der Waals surface area (Å²) in [6.07, 6.45) is 2.85. The van der Waals surface area contributed by atoms with Crippen molar-refractivity contribution in [2.24, 2.45) is 10.9 Å². The van der Waals surface area contributed by atoms with Crippen molar-refractivity contribution in [3.8, 4) is 11.1 Å². The van der Waals surface area contributed by atoms with Gasteiger partial charge in [-0.2, -0.15) is 4.99 Å². The minimum Gasteiger partial charge on any atom is -0.477 e. The van der Waals surface area contributed by atoms with Crippen LogP contribution < -0.4 is 9.52 Å². The molecular formula is C28H31N3O7S2. The summed E-state index contributed by atoms with van der Waals surface area (Å²) in [6.45, 7) is 3.80. The lowest BCUT2D eigenvalue weighted by atomic mass is 10.0. The molecule has 3 aromatic rings. The van der Waals surface area contributed by atoms with E-state index < -0.39 is 22.1 Å². The Morgan fingerprint density at radius 2 is 1.80 bits per heavy atom. The van der Waals surface area contributed by atoms with Crippen LogP contribution in [0.15, 0.2) is 58.4 Å². The Bertz CT molecular complexity index is 1580. The van der Waals surface area contributed by atoms with Crippen LogP contribution in [0.2, 0.25) is 0 Å². The first kappa shape index (κ1) is 29.2. The normalized spacial score (nSPS) is 13.7. The van der Waals surface area contributed by atoms with Gasteiger partial charge in [-0.3, -0.25) is 4.79 Å². The van der Waals surface area contributed by atoms with Gasteiger partial charge in [0.2, 0.25) is 0 Å². The zero-order valence-corrected chi connectivity index (χ0v) is 23.9. The quantitative estimate of drug-likeness (QED) is 0.335. The number of benzene rings is 2. The summed E-state index contributed by atoms with van der Waals surface area (Å²) in [4.78, 5) is 41.8. The number of aromatic nitrogens is 1. The number of nitrogens with zero attached hydrogens (tertiary/aromatic N) is 2. The standard InChI is InChI=1S/C28H31N3O7S2/c1-3-5-9-22-24(26(33)34)31(27(39-22)29-25(32)20-15-16-20)17-18-11-13-19(14-12-18)21-8-6-7-10-23(21)40(36,37)30-28(35)38-4-2/h6-8,10-14,20H,3-5,9,15-17H2,1-2H3,(H,30,35)(H,33,34). The lowest BCUT2D eigenvalue weighted by Crippen LogP contribution is -2.31. The number of rotatable bonds is 11. The molecule has 0 atom stereocenters. The van der Waals surface area contributed by atoms with Gasteiger partial charge in [0.05, 0.1) is 18.0 Å². The van der Waals surface area contributed by atoms with Gasteiger partial charge in [-0.15, -0.1) is 11.3 Å². The number of unbranched alkanes of at least 4 members (excludes halogenated alkanes) is 1. The van der Waals surface area contributed by atoms with Gasteiger partial charge in [0, 0.05) is 16.4 Å². The number of hydrogen-bond acceptors (Lipinski definition) is 7. The third kappa shape index (κ3) is 6.86. The molecule has 0 spiro atoms. The van der Waals surface area contributed by atoms with Crippen molar-refractivity contribution in [2.45, 2.75) is 57.4 Å². The predicted octanol–water partition coefficient (Wildman–Crippen LogP) is 4.58. The van der Waals surface area contributed by atoms with Gasteiger partial charge in [0.1, 0.15) is 5.69 Å². The molecule has 1 fully saturated rings. The molecule has 12 heteroatoms. The molecule has 40 heavy (non-hydrogen) atoms. The maximum absolute atomic E-state index is 12.9. The lowest BCUT2D eigenvalue weighted by molar-refractivity contribution is -0.119. The van der Waals surface area contributed by atoms with E-state index in [0.717, 1.165) is 31.2 Å². The largest absolute Gasteiger partial charge is 0.477 e. The van der Waals surface area contributed by atoms with Crippen LogP contribution in [0.25, 0.3) is 11.1 Å². The summed E-state index contributed by atoms with van der Waals surface area (Å²) < 4.78 is 33.9. The molecule has 2 N–H and O–H groups in total. The number of carboxylic acids is 1. The van der Waals surface area contributed by atoms with Crippen LogP contribution >= 0.6 is 11.3 Å². The van der Waals surface area contributed by atoms with Crippen molar-refractivity contribution in [2.75, 3.05) is 6.61 Å². The first-order chi connectivity index (χ1) is 19.1. The summed E-state index contributed by atoms with van der Waals surface area (Å²) >= 11 is 1.24. The summed E-state index contributed by atoms with van der Waals surface area (Å²) in [5.41, 5.74) is 1.84. The van der Waals surface area contributed by atoms with Crippen molar-refractivity contribution in [1.82, 2.24) is 9.29 Å². The topological polar surface area (TPSA) is 144 Å². The van der Waals surface area contributed by atoms with Gasteiger partial charge in [-0.05, 0) is 49.8 Å². The highest BCUT2D eigenvalue weighted by molar-refractivity contribution is 7.90. The third-order valence-corrected chi connectivity index (χ3v) is 8.86. The Hall–Kier alpha value is -3.77. The Morgan fingerprint density at radius 3 is 2.42 bits per heavy atom. The number of carboxylic acid groups (broad SMARTS) is 1. The molecule has 0 unspecified atom stereocenters. The van der Waals surface area contributed by atoms with Gasteiger partial charge >= 0.3 is 12.1 Å². The molecule has 0 saturated heterocycles. The number of amides is 2. The van der Waals surface area contributed by atoms with Crippen molar-refractivity contribution in [3.63, 3.8) is 0 Å². The van der Waals surface area contributed by atoms with Crippen LogP contribution in [0.4, 0.5) is 4.79 Å². The van der Waals surface area contributed by atoms with Crippen LogP contribution in [0.3, 0.4) is 0 Å². The van der Waals surface area contributed by atoms with E-state index in [9.17, 15) is 27.9 Å². The fourth-order valence-corrected chi connectivity index (χ4v) is 6.47. The second kappa shape index (κ2) is 12.6. The van der Waals surface area contributed by atoms with Gasteiger partial charge in [-0.1, -0.05) is 55.8 Å². The Labute approximate surface area is 236 Å². The highest BCUT2D eigenvalue weighted by atomic mass is 32.2. The number of carbonyl (C=O) groups is 3. The van der Waals surface area contributed by atoms with Crippen molar-refractivity contribution in [3.05, 3.63) is 69.5 Å². The maximum Gasteiger partial charge on any atom is 0.421 e. The molecular weight excluding hydrogens is 554 g/mol. The minimum absolute atomic E-state index is 0.0278. The van der Waals surface area contributed by atoms with Crippen LogP contribution in [0.5, 0.6) is 0 Å². The first-order valence-electron chi connectivity index (χ1n) is 13.1. The van der Waals surface area contributed by atoms with E-state index in [-0.39, 0.29) is 35.6 Å². The van der Waals surface area contributed by atoms with E-state index in [0.29, 0.717) is 27.2 Å². The number of sulfonamides is 1. The average molecular weight is 586 g/mol. The third-order valence-electron chi connectivity index (χ3n) is 6.35. The average Bonchev–Trinajstić information content (AvgIpc) is 3.71. The van der Waals surface area contributed by atoms with Crippen molar-refractivity contribution < 1.29 is 32.6 Å². The Kier molecular flexibility index (Phi) is 9.21. The molecule has 4 rings (SSSR count). The lowest BCUT2D eigenvalue weighted by Gasteiger charge is -2.13. The second-order valence-electron chi connectivity index (χ2n) is 9.39. The summed E-state index contributed by atoms with van der Waals surface area (Å²) in [7, 11) is -4.20. The summed E-state index contributed by atoms with van der Waals surface area (Å²) in [5.74, 6) is -1.39. The first-order valence-corrected chi connectivity index (χ1v) is 15.4. The van der Waals surface area contributed by atoms with E-state index in [1.165, 1.54) is 17.4 Å². The number of ether oxygens (including phenoxy) is 1. The molecule has 212 valence electrons. The molecule has 1 aromatic heterocycles. The van der Waals surface area contributed by atoms with Crippen LogP contribution in [-0.4, -0.2) is 42.7 Å². The van der Waals surface area contributed by atoms with E-state index >= 15 is 0 Å². The highest BCUT2D eigenvalue weighted by Gasteiger charge is 2.30. The zero-order valence-electron chi connectivity index (χ0n) is 22.3. The van der Waals surface area contributed by atoms with Crippen molar-refractivity contribution in [1.29, 1.82) is 0 Å². The second-order valence-corrected chi connectivity index (χ2v) is 12.1. The summed E-state index contributed by atoms with van der Waals surface area (Å²) in [5, 5.41) is 10.1. The monoisotopic (exact) mass is 585 g/mol. The fourth-order valence-electron chi connectivity index (χ4n) is 4.18. The molecule has 1 heterocycles. The molecule has 0 bridgehead atoms. The molecule has 1 aliphatic rings. The highest BCUT2D eigenvalue weighted by Crippen LogP contribution is 2.30. The van der Waals surface area contributed by atoms with Gasteiger partial charge in [0.15, 0.2) is 4.80 Å². The molecule has 0 radical (unpaired) electrons. The van der Waals surface area contributed by atoms with Gasteiger partial charge in [0.25, 0.3) is 15.9 Å². The number of nitrogens with one attached hydrogen (secondary N) is 1. The van der Waals surface area contributed by atoms with Crippen molar-refractivity contribution >= 4 is 39.3 Å². The number of hydrogen-bond donors (Lipinski definition) is 2. The minimum atomic E-state index is -4.20. The molecule has 0 aliphatic heterocycles. The van der Waals surface area contributed by atoms with E-state index in [2.05, 4.69) is 4.99 Å².